The van der Waals surface area contributed by atoms with Crippen molar-refractivity contribution in [3.63, 3.8) is 0 Å². The first-order chi connectivity index (χ1) is 13.2. The van der Waals surface area contributed by atoms with Crippen LogP contribution in [0.4, 0.5) is 0 Å². The smallest absolute Gasteiger partial charge is 0.124 e. The van der Waals surface area contributed by atoms with E-state index < -0.39 is 0 Å². The lowest BCUT2D eigenvalue weighted by Crippen LogP contribution is -2.17. The fourth-order valence-electron chi connectivity index (χ4n) is 2.81. The van der Waals surface area contributed by atoms with Crippen LogP contribution in [0.5, 0.6) is 11.5 Å². The van der Waals surface area contributed by atoms with Gasteiger partial charge >= 0.3 is 0 Å². The molecule has 140 valence electrons. The van der Waals surface area contributed by atoms with Gasteiger partial charge in [0.2, 0.25) is 0 Å². The summed E-state index contributed by atoms with van der Waals surface area (Å²) in [4.78, 5) is 0. The summed E-state index contributed by atoms with van der Waals surface area (Å²) >= 11 is 6.18. The van der Waals surface area contributed by atoms with Crippen LogP contribution in [0.1, 0.15) is 16.7 Å². The van der Waals surface area contributed by atoms with Gasteiger partial charge in [-0.15, -0.1) is 0 Å². The molecule has 3 aromatic carbocycles. The van der Waals surface area contributed by atoms with Crippen molar-refractivity contribution in [3.05, 3.63) is 94.5 Å². The van der Waals surface area contributed by atoms with Crippen LogP contribution in [0.25, 0.3) is 0 Å². The molecule has 0 aliphatic carbocycles. The molecule has 0 atom stereocenters. The second kappa shape index (κ2) is 10.0. The van der Waals surface area contributed by atoms with Gasteiger partial charge in [-0.2, -0.15) is 0 Å². The van der Waals surface area contributed by atoms with Crippen LogP contribution in [0, 0.1) is 0 Å². The Kier molecular flexibility index (Phi) is 7.14. The predicted octanol–water partition coefficient (Wildman–Crippen LogP) is 5.26. The lowest BCUT2D eigenvalue weighted by Gasteiger charge is -2.13. The third-order valence-electron chi connectivity index (χ3n) is 4.32. The van der Waals surface area contributed by atoms with E-state index in [9.17, 15) is 0 Å². The van der Waals surface area contributed by atoms with Crippen LogP contribution in [0.15, 0.2) is 72.8 Å². The molecule has 0 heterocycles. The number of nitrogens with one attached hydrogen (secondary N) is 1. The third kappa shape index (κ3) is 6.02. The van der Waals surface area contributed by atoms with E-state index >= 15 is 0 Å². The predicted molar refractivity (Wildman–Crippen MR) is 111 cm³/mol. The van der Waals surface area contributed by atoms with Gasteiger partial charge in [0.05, 0.1) is 7.11 Å². The van der Waals surface area contributed by atoms with E-state index in [1.165, 1.54) is 5.56 Å². The van der Waals surface area contributed by atoms with Crippen LogP contribution >= 0.6 is 11.6 Å². The van der Waals surface area contributed by atoms with Gasteiger partial charge in [-0.3, -0.25) is 0 Å². The number of benzene rings is 3. The van der Waals surface area contributed by atoms with Crippen molar-refractivity contribution in [2.75, 3.05) is 13.7 Å². The Hall–Kier alpha value is -2.49. The van der Waals surface area contributed by atoms with Crippen molar-refractivity contribution in [1.82, 2.24) is 5.32 Å². The first-order valence-corrected chi connectivity index (χ1v) is 9.41. The topological polar surface area (TPSA) is 30.5 Å². The zero-order valence-electron chi connectivity index (χ0n) is 15.5. The van der Waals surface area contributed by atoms with E-state index in [0.29, 0.717) is 18.2 Å². The molecule has 1 N–H and O–H groups in total. The highest BCUT2D eigenvalue weighted by Crippen LogP contribution is 2.24. The molecule has 3 nitrogen and oxygen atoms in total. The van der Waals surface area contributed by atoms with E-state index in [1.807, 2.05) is 48.5 Å². The summed E-state index contributed by atoms with van der Waals surface area (Å²) in [5.74, 6) is 1.74. The van der Waals surface area contributed by atoms with Gasteiger partial charge < -0.3 is 14.8 Å². The van der Waals surface area contributed by atoms with Gasteiger partial charge in [0.25, 0.3) is 0 Å². The monoisotopic (exact) mass is 381 g/mol. The standard InChI is InChI=1S/C23H24ClNO2/c1-26-22-10-7-18(8-11-22)13-14-25-16-20-15-21(24)9-12-23(20)27-17-19-5-3-2-4-6-19/h2-12,15,25H,13-14,16-17H2,1H3. The second-order valence-electron chi connectivity index (χ2n) is 6.30. The lowest BCUT2D eigenvalue weighted by molar-refractivity contribution is 0.302. The number of methoxy groups -OCH3 is 1. The van der Waals surface area contributed by atoms with Gasteiger partial charge in [0, 0.05) is 17.1 Å². The minimum Gasteiger partial charge on any atom is -0.497 e. The van der Waals surface area contributed by atoms with Gasteiger partial charge in [-0.25, -0.2) is 0 Å². The Morgan fingerprint density at radius 1 is 0.889 bits per heavy atom. The minimum absolute atomic E-state index is 0.543. The van der Waals surface area contributed by atoms with Crippen molar-refractivity contribution in [1.29, 1.82) is 0 Å². The summed E-state index contributed by atoms with van der Waals surface area (Å²) < 4.78 is 11.2. The normalized spacial score (nSPS) is 10.6. The quantitative estimate of drug-likeness (QED) is 0.513. The maximum absolute atomic E-state index is 6.18. The van der Waals surface area contributed by atoms with E-state index in [-0.39, 0.29) is 0 Å². The molecule has 0 spiro atoms. The Bertz CT molecular complexity index is 835. The molecule has 0 aliphatic heterocycles. The Morgan fingerprint density at radius 2 is 1.67 bits per heavy atom. The molecule has 3 rings (SSSR count). The number of rotatable bonds is 9. The fourth-order valence-corrected chi connectivity index (χ4v) is 3.00. The third-order valence-corrected chi connectivity index (χ3v) is 4.56. The van der Waals surface area contributed by atoms with E-state index in [1.54, 1.807) is 7.11 Å². The number of ether oxygens (including phenoxy) is 2. The first kappa shape index (κ1) is 19.3. The summed E-state index contributed by atoms with van der Waals surface area (Å²) in [7, 11) is 1.68. The van der Waals surface area contributed by atoms with Crippen LogP contribution < -0.4 is 14.8 Å². The maximum Gasteiger partial charge on any atom is 0.124 e. The molecule has 0 aliphatic rings. The van der Waals surface area contributed by atoms with E-state index in [4.69, 9.17) is 21.1 Å². The van der Waals surface area contributed by atoms with E-state index in [2.05, 4.69) is 29.6 Å². The highest BCUT2D eigenvalue weighted by atomic mass is 35.5. The zero-order valence-corrected chi connectivity index (χ0v) is 16.2. The average Bonchev–Trinajstić information content (AvgIpc) is 2.72. The van der Waals surface area contributed by atoms with Crippen molar-refractivity contribution in [3.8, 4) is 11.5 Å². The Balaban J connectivity index is 1.53. The van der Waals surface area contributed by atoms with Crippen LogP contribution in [-0.4, -0.2) is 13.7 Å². The summed E-state index contributed by atoms with van der Waals surface area (Å²) in [5, 5.41) is 4.19. The molecule has 0 bridgehead atoms. The highest BCUT2D eigenvalue weighted by Gasteiger charge is 2.06. The molecule has 4 heteroatoms. The molecular formula is C23H24ClNO2. The fraction of sp³-hybridized carbons (Fsp3) is 0.217. The Labute approximate surface area is 165 Å². The molecule has 0 saturated heterocycles. The average molecular weight is 382 g/mol. The summed E-state index contributed by atoms with van der Waals surface area (Å²) in [6.45, 7) is 2.12. The van der Waals surface area contributed by atoms with Gasteiger partial charge in [-0.1, -0.05) is 54.1 Å². The van der Waals surface area contributed by atoms with Crippen molar-refractivity contribution < 1.29 is 9.47 Å². The molecule has 0 fully saturated rings. The lowest BCUT2D eigenvalue weighted by atomic mass is 10.1. The molecule has 27 heavy (non-hydrogen) atoms. The molecule has 3 aromatic rings. The van der Waals surface area contributed by atoms with Gasteiger partial charge in [0.15, 0.2) is 0 Å². The number of hydrogen-bond donors (Lipinski definition) is 1. The molecule has 0 radical (unpaired) electrons. The zero-order chi connectivity index (χ0) is 18.9. The largest absolute Gasteiger partial charge is 0.497 e. The minimum atomic E-state index is 0.543. The van der Waals surface area contributed by atoms with Crippen molar-refractivity contribution in [2.24, 2.45) is 0 Å². The molecule has 0 amide bonds. The molecule has 0 unspecified atom stereocenters. The van der Waals surface area contributed by atoms with Crippen LogP contribution in [-0.2, 0) is 19.6 Å². The molecular weight excluding hydrogens is 358 g/mol. The molecule has 0 saturated carbocycles. The van der Waals surface area contributed by atoms with Crippen molar-refractivity contribution >= 4 is 11.6 Å². The summed E-state index contributed by atoms with van der Waals surface area (Å²) in [6, 6.07) is 24.1. The number of halogens is 1. The van der Waals surface area contributed by atoms with Crippen LogP contribution in [0.3, 0.4) is 0 Å². The van der Waals surface area contributed by atoms with Gasteiger partial charge in [-0.05, 0) is 54.4 Å². The first-order valence-electron chi connectivity index (χ1n) is 9.03. The SMILES string of the molecule is COc1ccc(CCNCc2cc(Cl)ccc2OCc2ccccc2)cc1. The molecule has 0 aromatic heterocycles. The Morgan fingerprint density at radius 3 is 2.41 bits per heavy atom. The maximum atomic E-state index is 6.18. The van der Waals surface area contributed by atoms with Gasteiger partial charge in [0.1, 0.15) is 18.1 Å². The summed E-state index contributed by atoms with van der Waals surface area (Å²) in [5.41, 5.74) is 3.48. The number of hydrogen-bond acceptors (Lipinski definition) is 3. The van der Waals surface area contributed by atoms with E-state index in [0.717, 1.165) is 35.6 Å². The summed E-state index contributed by atoms with van der Waals surface area (Å²) in [6.07, 6.45) is 0.949. The van der Waals surface area contributed by atoms with Crippen LogP contribution in [0.2, 0.25) is 5.02 Å². The second-order valence-corrected chi connectivity index (χ2v) is 6.74. The van der Waals surface area contributed by atoms with Crippen molar-refractivity contribution in [2.45, 2.75) is 19.6 Å². The highest BCUT2D eigenvalue weighted by molar-refractivity contribution is 6.30.